The van der Waals surface area contributed by atoms with E-state index in [1.807, 2.05) is 22.9 Å². The minimum atomic E-state index is -0.187. The standard InChI is InChI=1S/C22H28N6O2/c1-14(2)19-11-17(18-13-24-28(15(3)4)21(18)26-19)22(29)25-16-5-6-20(23-12-16)27-7-9-30-10-8-27/h5-6,11-15H,7-10H2,1-4H3,(H,25,29). The number of carbonyl (C=O) groups excluding carboxylic acids is 1. The number of carbonyl (C=O) groups is 1. The fourth-order valence-corrected chi connectivity index (χ4v) is 3.54. The molecule has 1 N–H and O–H groups in total. The first-order valence-electron chi connectivity index (χ1n) is 10.4. The van der Waals surface area contributed by atoms with Gasteiger partial charge in [-0.1, -0.05) is 13.8 Å². The molecule has 3 aromatic heterocycles. The molecule has 8 heteroatoms. The van der Waals surface area contributed by atoms with Crippen LogP contribution >= 0.6 is 0 Å². The summed E-state index contributed by atoms with van der Waals surface area (Å²) in [6.45, 7) is 11.3. The molecule has 1 aliphatic rings. The highest BCUT2D eigenvalue weighted by Crippen LogP contribution is 2.25. The van der Waals surface area contributed by atoms with Crippen molar-refractivity contribution >= 4 is 28.4 Å². The van der Waals surface area contributed by atoms with Crippen molar-refractivity contribution in [2.45, 2.75) is 39.7 Å². The molecular formula is C22H28N6O2. The number of anilines is 2. The number of amides is 1. The van der Waals surface area contributed by atoms with E-state index in [0.29, 0.717) is 24.5 Å². The molecular weight excluding hydrogens is 380 g/mol. The molecule has 1 fully saturated rings. The van der Waals surface area contributed by atoms with Gasteiger partial charge in [0, 0.05) is 24.8 Å². The summed E-state index contributed by atoms with van der Waals surface area (Å²) < 4.78 is 7.24. The van der Waals surface area contributed by atoms with E-state index in [0.717, 1.165) is 35.6 Å². The van der Waals surface area contributed by atoms with Gasteiger partial charge in [0.15, 0.2) is 5.65 Å². The number of ether oxygens (including phenoxy) is 1. The van der Waals surface area contributed by atoms with Crippen LogP contribution in [-0.4, -0.2) is 52.0 Å². The van der Waals surface area contributed by atoms with Crippen LogP contribution in [0.5, 0.6) is 0 Å². The van der Waals surface area contributed by atoms with Crippen LogP contribution in [0, 0.1) is 0 Å². The van der Waals surface area contributed by atoms with Gasteiger partial charge in [0.1, 0.15) is 5.82 Å². The van der Waals surface area contributed by atoms with Gasteiger partial charge in [-0.15, -0.1) is 0 Å². The fourth-order valence-electron chi connectivity index (χ4n) is 3.54. The van der Waals surface area contributed by atoms with Gasteiger partial charge >= 0.3 is 0 Å². The topological polar surface area (TPSA) is 85.2 Å². The fraction of sp³-hybridized carbons (Fsp3) is 0.455. The van der Waals surface area contributed by atoms with E-state index in [4.69, 9.17) is 9.72 Å². The second-order valence-corrected chi connectivity index (χ2v) is 8.13. The van der Waals surface area contributed by atoms with Gasteiger partial charge in [-0.05, 0) is 38.0 Å². The monoisotopic (exact) mass is 408 g/mol. The van der Waals surface area contributed by atoms with Crippen molar-refractivity contribution in [2.75, 3.05) is 36.5 Å². The third kappa shape index (κ3) is 4.00. The molecule has 0 unspecified atom stereocenters. The lowest BCUT2D eigenvalue weighted by Gasteiger charge is -2.27. The smallest absolute Gasteiger partial charge is 0.256 e. The maximum atomic E-state index is 13.1. The third-order valence-electron chi connectivity index (χ3n) is 5.25. The summed E-state index contributed by atoms with van der Waals surface area (Å²) in [6, 6.07) is 5.84. The number of nitrogens with one attached hydrogen (secondary N) is 1. The van der Waals surface area contributed by atoms with Crippen molar-refractivity contribution in [3.63, 3.8) is 0 Å². The summed E-state index contributed by atoms with van der Waals surface area (Å²) in [6.07, 6.45) is 3.42. The molecule has 0 spiro atoms. The number of morpholine rings is 1. The Morgan fingerprint density at radius 2 is 1.90 bits per heavy atom. The molecule has 1 aliphatic heterocycles. The van der Waals surface area contributed by atoms with Crippen molar-refractivity contribution < 1.29 is 9.53 Å². The minimum Gasteiger partial charge on any atom is -0.378 e. The van der Waals surface area contributed by atoms with Crippen LogP contribution in [-0.2, 0) is 4.74 Å². The quantitative estimate of drug-likeness (QED) is 0.694. The first-order valence-corrected chi connectivity index (χ1v) is 10.4. The Kier molecular flexibility index (Phi) is 5.67. The molecule has 4 rings (SSSR count). The van der Waals surface area contributed by atoms with E-state index in [2.05, 4.69) is 48.0 Å². The molecule has 0 bridgehead atoms. The zero-order valence-corrected chi connectivity index (χ0v) is 17.9. The van der Waals surface area contributed by atoms with E-state index in [1.165, 1.54) is 0 Å². The predicted molar refractivity (Wildman–Crippen MR) is 117 cm³/mol. The molecule has 1 saturated heterocycles. The largest absolute Gasteiger partial charge is 0.378 e. The third-order valence-corrected chi connectivity index (χ3v) is 5.25. The van der Waals surface area contributed by atoms with Crippen LogP contribution in [0.2, 0.25) is 0 Å². The van der Waals surface area contributed by atoms with E-state index in [1.54, 1.807) is 12.4 Å². The summed E-state index contributed by atoms with van der Waals surface area (Å²) >= 11 is 0. The Balaban J connectivity index is 1.61. The predicted octanol–water partition coefficient (Wildman–Crippen LogP) is 3.62. The highest BCUT2D eigenvalue weighted by atomic mass is 16.5. The number of aromatic nitrogens is 4. The molecule has 30 heavy (non-hydrogen) atoms. The molecule has 8 nitrogen and oxygen atoms in total. The first-order chi connectivity index (χ1) is 14.4. The molecule has 0 atom stereocenters. The SMILES string of the molecule is CC(C)c1cc(C(=O)Nc2ccc(N3CCOCC3)nc2)c2cnn(C(C)C)c2n1. The van der Waals surface area contributed by atoms with Gasteiger partial charge in [0.2, 0.25) is 0 Å². The van der Waals surface area contributed by atoms with Crippen molar-refractivity contribution in [3.05, 3.63) is 41.9 Å². The lowest BCUT2D eigenvalue weighted by molar-refractivity contribution is 0.102. The molecule has 158 valence electrons. The summed E-state index contributed by atoms with van der Waals surface area (Å²) in [4.78, 5) is 24.6. The van der Waals surface area contributed by atoms with Crippen LogP contribution in [0.15, 0.2) is 30.6 Å². The number of nitrogens with zero attached hydrogens (tertiary/aromatic N) is 5. The molecule has 0 radical (unpaired) electrons. The number of pyridine rings is 2. The maximum absolute atomic E-state index is 13.1. The summed E-state index contributed by atoms with van der Waals surface area (Å²) in [5.74, 6) is 0.905. The van der Waals surface area contributed by atoms with Crippen LogP contribution in [0.25, 0.3) is 11.0 Å². The van der Waals surface area contributed by atoms with Gasteiger partial charge in [-0.3, -0.25) is 4.79 Å². The van der Waals surface area contributed by atoms with Gasteiger partial charge in [-0.2, -0.15) is 5.10 Å². The normalized spacial score (nSPS) is 14.7. The molecule has 0 aromatic carbocycles. The van der Waals surface area contributed by atoms with Crippen molar-refractivity contribution in [1.82, 2.24) is 19.7 Å². The second-order valence-electron chi connectivity index (χ2n) is 8.13. The average Bonchev–Trinajstić information content (AvgIpc) is 3.18. The summed E-state index contributed by atoms with van der Waals surface area (Å²) in [7, 11) is 0. The highest BCUT2D eigenvalue weighted by Gasteiger charge is 2.19. The van der Waals surface area contributed by atoms with Crippen molar-refractivity contribution in [2.24, 2.45) is 0 Å². The number of hydrogen-bond donors (Lipinski definition) is 1. The van der Waals surface area contributed by atoms with Crippen LogP contribution in [0.3, 0.4) is 0 Å². The van der Waals surface area contributed by atoms with Crippen LogP contribution < -0.4 is 10.2 Å². The van der Waals surface area contributed by atoms with Crippen LogP contribution in [0.4, 0.5) is 11.5 Å². The van der Waals surface area contributed by atoms with Crippen molar-refractivity contribution in [3.8, 4) is 0 Å². The highest BCUT2D eigenvalue weighted by molar-refractivity contribution is 6.12. The zero-order chi connectivity index (χ0) is 21.3. The Morgan fingerprint density at radius 3 is 2.53 bits per heavy atom. The second kappa shape index (κ2) is 8.39. The average molecular weight is 409 g/mol. The summed E-state index contributed by atoms with van der Waals surface area (Å²) in [5.41, 5.74) is 2.84. The van der Waals surface area contributed by atoms with E-state index in [-0.39, 0.29) is 17.9 Å². The Labute approximate surface area is 176 Å². The number of rotatable bonds is 5. The maximum Gasteiger partial charge on any atom is 0.256 e. The van der Waals surface area contributed by atoms with Gasteiger partial charge in [0.25, 0.3) is 5.91 Å². The molecule has 1 amide bonds. The molecule has 3 aromatic rings. The first kappa shape index (κ1) is 20.3. The van der Waals surface area contributed by atoms with E-state index < -0.39 is 0 Å². The van der Waals surface area contributed by atoms with Gasteiger partial charge < -0.3 is 15.0 Å². The number of hydrogen-bond acceptors (Lipinski definition) is 6. The number of fused-ring (bicyclic) bond motifs is 1. The Bertz CT molecular complexity index is 1040. The van der Waals surface area contributed by atoms with Crippen LogP contribution in [0.1, 0.15) is 55.7 Å². The molecule has 0 aliphatic carbocycles. The Hall–Kier alpha value is -3.00. The molecule has 0 saturated carbocycles. The lowest BCUT2D eigenvalue weighted by Crippen LogP contribution is -2.36. The van der Waals surface area contributed by atoms with Gasteiger partial charge in [-0.25, -0.2) is 14.6 Å². The lowest BCUT2D eigenvalue weighted by atomic mass is 10.0. The van der Waals surface area contributed by atoms with Gasteiger partial charge in [0.05, 0.1) is 42.2 Å². The van der Waals surface area contributed by atoms with E-state index >= 15 is 0 Å². The van der Waals surface area contributed by atoms with E-state index in [9.17, 15) is 4.79 Å². The molecule has 4 heterocycles. The summed E-state index contributed by atoms with van der Waals surface area (Å²) in [5, 5.41) is 8.18. The zero-order valence-electron chi connectivity index (χ0n) is 17.9. The Morgan fingerprint density at radius 1 is 1.13 bits per heavy atom. The van der Waals surface area contributed by atoms with Crippen molar-refractivity contribution in [1.29, 1.82) is 0 Å². The minimum absolute atomic E-state index is 0.158.